The molecule has 0 aliphatic carbocycles. The minimum absolute atomic E-state index is 0.276. The minimum atomic E-state index is 0.276. The lowest BCUT2D eigenvalue weighted by Crippen LogP contribution is -2.47. The SMILES string of the molecule is CC1(C)CCNc2ccc(CCN3CCN(c4nsc5ccccc45)CC3)cc21. The molecule has 0 spiro atoms. The van der Waals surface area contributed by atoms with Crippen LogP contribution in [0.25, 0.3) is 10.1 Å². The van der Waals surface area contributed by atoms with Gasteiger partial charge in [0.25, 0.3) is 0 Å². The molecular weight excluding hydrogens is 376 g/mol. The van der Waals surface area contributed by atoms with Crippen molar-refractivity contribution in [1.29, 1.82) is 0 Å². The zero-order valence-electron chi connectivity index (χ0n) is 17.4. The van der Waals surface area contributed by atoms with E-state index in [2.05, 4.69) is 71.4 Å². The lowest BCUT2D eigenvalue weighted by atomic mass is 9.77. The van der Waals surface area contributed by atoms with Crippen molar-refractivity contribution >= 4 is 33.1 Å². The quantitative estimate of drug-likeness (QED) is 0.677. The Balaban J connectivity index is 1.20. The highest BCUT2D eigenvalue weighted by Crippen LogP contribution is 2.37. The maximum Gasteiger partial charge on any atom is 0.150 e. The average molecular weight is 407 g/mol. The Morgan fingerprint density at radius 3 is 2.76 bits per heavy atom. The van der Waals surface area contributed by atoms with Crippen molar-refractivity contribution in [2.75, 3.05) is 49.5 Å². The molecule has 152 valence electrons. The van der Waals surface area contributed by atoms with E-state index in [0.717, 1.165) is 45.7 Å². The lowest BCUT2D eigenvalue weighted by Gasteiger charge is -2.35. The summed E-state index contributed by atoms with van der Waals surface area (Å²) >= 11 is 1.62. The zero-order chi connectivity index (χ0) is 19.8. The highest BCUT2D eigenvalue weighted by molar-refractivity contribution is 7.13. The number of nitrogens with one attached hydrogen (secondary N) is 1. The van der Waals surface area contributed by atoms with Crippen molar-refractivity contribution in [2.24, 2.45) is 0 Å². The van der Waals surface area contributed by atoms with Gasteiger partial charge in [0.2, 0.25) is 0 Å². The number of rotatable bonds is 4. The van der Waals surface area contributed by atoms with Crippen LogP contribution in [-0.4, -0.2) is 48.5 Å². The van der Waals surface area contributed by atoms with E-state index in [9.17, 15) is 0 Å². The van der Waals surface area contributed by atoms with Gasteiger partial charge in [-0.05, 0) is 59.1 Å². The number of fused-ring (bicyclic) bond motifs is 2. The van der Waals surface area contributed by atoms with E-state index in [4.69, 9.17) is 4.37 Å². The number of hydrogen-bond donors (Lipinski definition) is 1. The van der Waals surface area contributed by atoms with Crippen molar-refractivity contribution in [3.63, 3.8) is 0 Å². The molecule has 0 atom stereocenters. The highest BCUT2D eigenvalue weighted by Gasteiger charge is 2.27. The van der Waals surface area contributed by atoms with Gasteiger partial charge in [0.05, 0.1) is 4.70 Å². The van der Waals surface area contributed by atoms with E-state index in [1.807, 2.05) is 0 Å². The second kappa shape index (κ2) is 7.62. The summed E-state index contributed by atoms with van der Waals surface area (Å²) in [5.41, 5.74) is 4.56. The summed E-state index contributed by atoms with van der Waals surface area (Å²) in [6.45, 7) is 11.3. The molecule has 2 aliphatic heterocycles. The summed E-state index contributed by atoms with van der Waals surface area (Å²) in [5, 5.41) is 4.86. The number of nitrogens with zero attached hydrogens (tertiary/aromatic N) is 3. The van der Waals surface area contributed by atoms with Gasteiger partial charge in [-0.2, -0.15) is 4.37 Å². The van der Waals surface area contributed by atoms with Crippen LogP contribution in [0.15, 0.2) is 42.5 Å². The van der Waals surface area contributed by atoms with Crippen LogP contribution in [0.1, 0.15) is 31.4 Å². The molecule has 0 radical (unpaired) electrons. The van der Waals surface area contributed by atoms with Gasteiger partial charge >= 0.3 is 0 Å². The van der Waals surface area contributed by atoms with Crippen LogP contribution in [0.5, 0.6) is 0 Å². The van der Waals surface area contributed by atoms with E-state index >= 15 is 0 Å². The fourth-order valence-electron chi connectivity index (χ4n) is 4.68. The van der Waals surface area contributed by atoms with E-state index in [0.29, 0.717) is 0 Å². The fourth-order valence-corrected chi connectivity index (χ4v) is 5.47. The molecule has 5 rings (SSSR count). The summed E-state index contributed by atoms with van der Waals surface area (Å²) in [7, 11) is 0. The van der Waals surface area contributed by atoms with Gasteiger partial charge in [-0.25, -0.2) is 0 Å². The molecule has 1 aromatic heterocycles. The van der Waals surface area contributed by atoms with Crippen molar-refractivity contribution < 1.29 is 0 Å². The van der Waals surface area contributed by atoms with Gasteiger partial charge < -0.3 is 10.2 Å². The highest BCUT2D eigenvalue weighted by atomic mass is 32.1. The predicted molar refractivity (Wildman–Crippen MR) is 125 cm³/mol. The molecule has 1 fully saturated rings. The van der Waals surface area contributed by atoms with E-state index < -0.39 is 0 Å². The van der Waals surface area contributed by atoms with Crippen LogP contribution in [0.3, 0.4) is 0 Å². The van der Waals surface area contributed by atoms with E-state index in [-0.39, 0.29) is 5.41 Å². The summed E-state index contributed by atoms with van der Waals surface area (Å²) < 4.78 is 6.02. The molecule has 4 nitrogen and oxygen atoms in total. The number of anilines is 2. The number of benzene rings is 2. The molecule has 3 aromatic rings. The number of piperazine rings is 1. The summed E-state index contributed by atoms with van der Waals surface area (Å²) in [6.07, 6.45) is 2.33. The molecule has 0 bridgehead atoms. The molecule has 0 saturated carbocycles. The van der Waals surface area contributed by atoms with Crippen LogP contribution in [0, 0.1) is 0 Å². The molecule has 0 unspecified atom stereocenters. The van der Waals surface area contributed by atoms with Gasteiger partial charge in [-0.15, -0.1) is 0 Å². The van der Waals surface area contributed by atoms with Crippen molar-refractivity contribution in [1.82, 2.24) is 9.27 Å². The van der Waals surface area contributed by atoms with E-state index in [1.165, 1.54) is 39.1 Å². The predicted octanol–water partition coefficient (Wildman–Crippen LogP) is 4.75. The molecule has 0 amide bonds. The third-order valence-electron chi connectivity index (χ3n) is 6.63. The van der Waals surface area contributed by atoms with Gasteiger partial charge in [-0.3, -0.25) is 4.90 Å². The monoisotopic (exact) mass is 406 g/mol. The minimum Gasteiger partial charge on any atom is -0.385 e. The van der Waals surface area contributed by atoms with Gasteiger partial charge in [0.15, 0.2) is 0 Å². The first-order chi connectivity index (χ1) is 14.1. The van der Waals surface area contributed by atoms with Crippen molar-refractivity contribution in [2.45, 2.75) is 32.1 Å². The molecule has 2 aromatic carbocycles. The Bertz CT molecular complexity index is 1000. The van der Waals surface area contributed by atoms with Crippen LogP contribution in [-0.2, 0) is 11.8 Å². The Morgan fingerprint density at radius 2 is 1.90 bits per heavy atom. The second-order valence-corrected chi connectivity index (χ2v) is 9.83. The molecule has 1 saturated heterocycles. The molecule has 3 heterocycles. The zero-order valence-corrected chi connectivity index (χ0v) is 18.3. The van der Waals surface area contributed by atoms with Gasteiger partial charge in [-0.1, -0.05) is 38.1 Å². The molecule has 29 heavy (non-hydrogen) atoms. The van der Waals surface area contributed by atoms with Gasteiger partial charge in [0, 0.05) is 50.3 Å². The Labute approximate surface area is 177 Å². The van der Waals surface area contributed by atoms with Crippen LogP contribution < -0.4 is 10.2 Å². The normalized spacial score (nSPS) is 19.2. The Kier molecular flexibility index (Phi) is 4.96. The van der Waals surface area contributed by atoms with Crippen molar-refractivity contribution in [3.05, 3.63) is 53.6 Å². The second-order valence-electron chi connectivity index (χ2n) is 9.02. The van der Waals surface area contributed by atoms with E-state index in [1.54, 1.807) is 11.5 Å². The first-order valence-electron chi connectivity index (χ1n) is 10.8. The van der Waals surface area contributed by atoms with Crippen LogP contribution in [0.2, 0.25) is 0 Å². The smallest absolute Gasteiger partial charge is 0.150 e. The summed E-state index contributed by atoms with van der Waals surface area (Å²) in [6, 6.07) is 15.6. The third kappa shape index (κ3) is 3.74. The molecule has 5 heteroatoms. The van der Waals surface area contributed by atoms with Crippen LogP contribution >= 0.6 is 11.5 Å². The van der Waals surface area contributed by atoms with Gasteiger partial charge in [0.1, 0.15) is 5.82 Å². The first kappa shape index (κ1) is 18.9. The number of aromatic nitrogens is 1. The lowest BCUT2D eigenvalue weighted by molar-refractivity contribution is 0.260. The maximum atomic E-state index is 4.74. The maximum absolute atomic E-state index is 4.74. The third-order valence-corrected chi connectivity index (χ3v) is 7.44. The fraction of sp³-hybridized carbons (Fsp3) is 0.458. The summed E-state index contributed by atoms with van der Waals surface area (Å²) in [4.78, 5) is 5.07. The van der Waals surface area contributed by atoms with Crippen LogP contribution in [0.4, 0.5) is 11.5 Å². The Morgan fingerprint density at radius 1 is 1.07 bits per heavy atom. The number of hydrogen-bond acceptors (Lipinski definition) is 5. The molecule has 2 aliphatic rings. The standard InChI is InChI=1S/C24H30N4S/c1-24(2)10-11-25-21-8-7-18(17-20(21)24)9-12-27-13-15-28(16-14-27)23-19-5-3-4-6-22(19)29-26-23/h3-8,17,25H,9-16H2,1-2H3. The Hall–Kier alpha value is -2.11. The average Bonchev–Trinajstić information content (AvgIpc) is 3.17. The largest absolute Gasteiger partial charge is 0.385 e. The topological polar surface area (TPSA) is 31.4 Å². The summed E-state index contributed by atoms with van der Waals surface area (Å²) in [5.74, 6) is 1.18. The first-order valence-corrected chi connectivity index (χ1v) is 11.6. The van der Waals surface area contributed by atoms with Crippen molar-refractivity contribution in [3.8, 4) is 0 Å². The molecule has 1 N–H and O–H groups in total. The molecular formula is C24H30N4S.